The van der Waals surface area contributed by atoms with Crippen molar-refractivity contribution in [3.63, 3.8) is 0 Å². The predicted molar refractivity (Wildman–Crippen MR) is 90.3 cm³/mol. The Morgan fingerprint density at radius 1 is 1.48 bits per heavy atom. The lowest BCUT2D eigenvalue weighted by Gasteiger charge is -2.22. The zero-order chi connectivity index (χ0) is 14.7. The number of benzene rings is 1. The lowest BCUT2D eigenvalue weighted by atomic mass is 10.1. The maximum absolute atomic E-state index is 5.82. The molecule has 4 nitrogen and oxygen atoms in total. The predicted octanol–water partition coefficient (Wildman–Crippen LogP) is 2.72. The van der Waals surface area contributed by atoms with Crippen molar-refractivity contribution in [2.45, 2.75) is 50.4 Å². The molecule has 0 aliphatic carbocycles. The second kappa shape index (κ2) is 6.81. The number of hydrogen-bond donors (Lipinski definition) is 2. The van der Waals surface area contributed by atoms with E-state index in [1.54, 1.807) is 0 Å². The Balaban J connectivity index is 1.89. The number of hydrogen-bond acceptors (Lipinski definition) is 4. The van der Waals surface area contributed by atoms with E-state index in [2.05, 4.69) is 41.2 Å². The van der Waals surface area contributed by atoms with Crippen LogP contribution in [-0.2, 0) is 13.0 Å². The van der Waals surface area contributed by atoms with Gasteiger partial charge < -0.3 is 4.57 Å². The second-order valence-corrected chi connectivity index (χ2v) is 7.04. The molecule has 1 fully saturated rings. The molecule has 1 aliphatic rings. The Bertz CT molecular complexity index is 589. The van der Waals surface area contributed by atoms with Crippen molar-refractivity contribution in [2.24, 2.45) is 5.84 Å². The zero-order valence-electron chi connectivity index (χ0n) is 12.6. The summed E-state index contributed by atoms with van der Waals surface area (Å²) in [4.78, 5) is 4.85. The van der Waals surface area contributed by atoms with Gasteiger partial charge in [0.15, 0.2) is 0 Å². The van der Waals surface area contributed by atoms with Crippen LogP contribution in [-0.4, -0.2) is 26.6 Å². The van der Waals surface area contributed by atoms with E-state index in [0.717, 1.165) is 30.7 Å². The van der Waals surface area contributed by atoms with Crippen molar-refractivity contribution in [1.82, 2.24) is 15.0 Å². The largest absolute Gasteiger partial charge is 0.328 e. The molecule has 114 valence electrons. The molecule has 1 aromatic heterocycles. The Kier molecular flexibility index (Phi) is 4.83. The number of para-hydroxylation sites is 2. The van der Waals surface area contributed by atoms with E-state index in [0.29, 0.717) is 11.3 Å². The molecular weight excluding hydrogens is 280 g/mol. The Morgan fingerprint density at radius 2 is 2.33 bits per heavy atom. The number of hydrazine groups is 1. The number of aryl methyl sites for hydroxylation is 1. The van der Waals surface area contributed by atoms with Gasteiger partial charge in [-0.2, -0.15) is 11.8 Å². The average Bonchev–Trinajstić information content (AvgIpc) is 3.14. The lowest BCUT2D eigenvalue weighted by Crippen LogP contribution is -2.43. The fourth-order valence-electron chi connectivity index (χ4n) is 3.17. The molecule has 1 saturated heterocycles. The van der Waals surface area contributed by atoms with Crippen LogP contribution in [0.3, 0.4) is 0 Å². The minimum atomic E-state index is 0.310. The molecule has 0 amide bonds. The number of thioether (sulfide) groups is 1. The zero-order valence-corrected chi connectivity index (χ0v) is 13.4. The third-order valence-electron chi connectivity index (χ3n) is 4.21. The molecule has 2 atom stereocenters. The Morgan fingerprint density at radius 3 is 3.05 bits per heavy atom. The van der Waals surface area contributed by atoms with Gasteiger partial charge in [0.2, 0.25) is 0 Å². The second-order valence-electron chi connectivity index (χ2n) is 5.70. The number of nitrogens with one attached hydrogen (secondary N) is 1. The number of fused-ring (bicyclic) bond motifs is 1. The van der Waals surface area contributed by atoms with Crippen LogP contribution in [0.2, 0.25) is 0 Å². The van der Waals surface area contributed by atoms with Crippen LogP contribution in [0.25, 0.3) is 11.0 Å². The van der Waals surface area contributed by atoms with Gasteiger partial charge in [0.25, 0.3) is 0 Å². The van der Waals surface area contributed by atoms with Gasteiger partial charge in [-0.25, -0.2) is 4.98 Å². The summed E-state index contributed by atoms with van der Waals surface area (Å²) >= 11 is 2.04. The van der Waals surface area contributed by atoms with Crippen LogP contribution in [0, 0.1) is 0 Å². The van der Waals surface area contributed by atoms with Gasteiger partial charge in [-0.05, 0) is 37.1 Å². The van der Waals surface area contributed by atoms with E-state index in [1.165, 1.54) is 24.1 Å². The van der Waals surface area contributed by atoms with Crippen LogP contribution in [0.5, 0.6) is 0 Å². The molecular formula is C16H24N4S. The first kappa shape index (κ1) is 14.9. The molecule has 5 heteroatoms. The highest BCUT2D eigenvalue weighted by Crippen LogP contribution is 2.30. The van der Waals surface area contributed by atoms with E-state index in [9.17, 15) is 0 Å². The molecule has 2 aromatic rings. The van der Waals surface area contributed by atoms with Crippen LogP contribution < -0.4 is 11.3 Å². The molecule has 2 heterocycles. The molecule has 1 aromatic carbocycles. The first-order valence-electron chi connectivity index (χ1n) is 7.85. The fraction of sp³-hybridized carbons (Fsp3) is 0.562. The van der Waals surface area contributed by atoms with Gasteiger partial charge in [-0.15, -0.1) is 0 Å². The van der Waals surface area contributed by atoms with Crippen molar-refractivity contribution in [1.29, 1.82) is 0 Å². The van der Waals surface area contributed by atoms with E-state index in [4.69, 9.17) is 10.8 Å². The molecule has 3 N–H and O–H groups in total. The normalized spacial score (nSPS) is 20.2. The van der Waals surface area contributed by atoms with Crippen LogP contribution in [0.4, 0.5) is 0 Å². The lowest BCUT2D eigenvalue weighted by molar-refractivity contribution is 0.476. The van der Waals surface area contributed by atoms with Gasteiger partial charge in [0, 0.05) is 24.3 Å². The van der Waals surface area contributed by atoms with Crippen molar-refractivity contribution in [3.05, 3.63) is 30.1 Å². The molecule has 1 aliphatic heterocycles. The SMILES string of the molecule is CCCn1c(CC(NN)C2CCCS2)nc2ccccc21. The summed E-state index contributed by atoms with van der Waals surface area (Å²) in [6.07, 6.45) is 4.58. The molecule has 0 bridgehead atoms. The highest BCUT2D eigenvalue weighted by Gasteiger charge is 2.26. The van der Waals surface area contributed by atoms with Crippen LogP contribution in [0.15, 0.2) is 24.3 Å². The summed E-state index contributed by atoms with van der Waals surface area (Å²) in [6.45, 7) is 3.23. The summed E-state index contributed by atoms with van der Waals surface area (Å²) in [7, 11) is 0. The molecule has 0 spiro atoms. The summed E-state index contributed by atoms with van der Waals surface area (Å²) in [6, 6.07) is 8.72. The third-order valence-corrected chi connectivity index (χ3v) is 5.73. The van der Waals surface area contributed by atoms with E-state index in [1.807, 2.05) is 11.8 Å². The summed E-state index contributed by atoms with van der Waals surface area (Å²) < 4.78 is 2.36. The maximum atomic E-state index is 5.82. The molecule has 0 radical (unpaired) electrons. The average molecular weight is 304 g/mol. The standard InChI is InChI=1S/C16H24N4S/c1-2-9-20-14-7-4-3-6-12(14)18-16(20)11-13(19-17)15-8-5-10-21-15/h3-4,6-7,13,15,19H,2,5,8-11,17H2,1H3. The van der Waals surface area contributed by atoms with Crippen molar-refractivity contribution in [3.8, 4) is 0 Å². The topological polar surface area (TPSA) is 55.9 Å². The molecule has 21 heavy (non-hydrogen) atoms. The van der Waals surface area contributed by atoms with Gasteiger partial charge in [-0.1, -0.05) is 19.1 Å². The quantitative estimate of drug-likeness (QED) is 0.636. The van der Waals surface area contributed by atoms with Gasteiger partial charge >= 0.3 is 0 Å². The monoisotopic (exact) mass is 304 g/mol. The first-order valence-corrected chi connectivity index (χ1v) is 8.90. The van der Waals surface area contributed by atoms with E-state index >= 15 is 0 Å². The van der Waals surface area contributed by atoms with Gasteiger partial charge in [0.1, 0.15) is 5.82 Å². The number of rotatable bonds is 6. The van der Waals surface area contributed by atoms with Crippen LogP contribution >= 0.6 is 11.8 Å². The number of imidazole rings is 1. The van der Waals surface area contributed by atoms with E-state index in [-0.39, 0.29) is 0 Å². The highest BCUT2D eigenvalue weighted by molar-refractivity contribution is 8.00. The third kappa shape index (κ3) is 3.10. The number of nitrogens with zero attached hydrogens (tertiary/aromatic N) is 2. The minimum absolute atomic E-state index is 0.310. The first-order chi connectivity index (χ1) is 10.3. The van der Waals surface area contributed by atoms with Crippen molar-refractivity contribution < 1.29 is 0 Å². The Hall–Kier alpha value is -1.04. The minimum Gasteiger partial charge on any atom is -0.328 e. The summed E-state index contributed by atoms with van der Waals surface area (Å²) in [5, 5.41) is 0.616. The number of nitrogens with two attached hydrogens (primary N) is 1. The maximum Gasteiger partial charge on any atom is 0.111 e. The van der Waals surface area contributed by atoms with Crippen molar-refractivity contribution in [2.75, 3.05) is 5.75 Å². The van der Waals surface area contributed by atoms with Gasteiger partial charge in [-0.3, -0.25) is 11.3 Å². The van der Waals surface area contributed by atoms with E-state index < -0.39 is 0 Å². The molecule has 2 unspecified atom stereocenters. The Labute approximate surface area is 130 Å². The molecule has 3 rings (SSSR count). The summed E-state index contributed by atoms with van der Waals surface area (Å²) in [5.41, 5.74) is 5.37. The number of aromatic nitrogens is 2. The highest BCUT2D eigenvalue weighted by atomic mass is 32.2. The summed E-state index contributed by atoms with van der Waals surface area (Å²) in [5.74, 6) is 8.24. The fourth-order valence-corrected chi connectivity index (χ4v) is 4.55. The molecule has 0 saturated carbocycles. The van der Waals surface area contributed by atoms with Gasteiger partial charge in [0.05, 0.1) is 11.0 Å². The van der Waals surface area contributed by atoms with Crippen molar-refractivity contribution >= 4 is 22.8 Å². The van der Waals surface area contributed by atoms with Crippen LogP contribution in [0.1, 0.15) is 32.0 Å². The smallest absolute Gasteiger partial charge is 0.111 e.